The van der Waals surface area contributed by atoms with Crippen molar-refractivity contribution in [3.63, 3.8) is 0 Å². The average Bonchev–Trinajstić information content (AvgIpc) is 1.63. The fraction of sp³-hybridized carbons (Fsp3) is 0.571. The number of aromatic nitrogens is 2. The van der Waals surface area contributed by atoms with Crippen LogP contribution in [-0.2, 0) is 0 Å². The summed E-state index contributed by atoms with van der Waals surface area (Å²) in [5.74, 6) is 2.66. The number of aromatic carboxylic acids is 1. The lowest BCUT2D eigenvalue weighted by Gasteiger charge is -2.20. The number of nitrogen functional groups attached to an aromatic ring is 2. The molecule has 0 unspecified atom stereocenters. The summed E-state index contributed by atoms with van der Waals surface area (Å²) in [5, 5.41) is 58.2. The highest BCUT2D eigenvalue weighted by Crippen LogP contribution is 2.33. The van der Waals surface area contributed by atoms with Crippen molar-refractivity contribution in [3.8, 4) is 45.9 Å². The maximum absolute atomic E-state index is 13.2. The quantitative estimate of drug-likeness (QED) is 0.00787. The first-order chi connectivity index (χ1) is 56.2. The van der Waals surface area contributed by atoms with Gasteiger partial charge in [-0.15, -0.1) is 0 Å². The zero-order valence-electron chi connectivity index (χ0n) is 71.1. The Hall–Kier alpha value is -8.98. The molecule has 5 aliphatic heterocycles. The van der Waals surface area contributed by atoms with Crippen molar-refractivity contribution in [2.75, 3.05) is 144 Å². The molecule has 6 heterocycles. The van der Waals surface area contributed by atoms with Crippen LogP contribution in [0.3, 0.4) is 0 Å². The Morgan fingerprint density at radius 2 is 0.942 bits per heavy atom. The molecule has 6 aromatic carbocycles. The number of nitrogens with two attached hydrogens (primary N) is 2. The SMILES string of the molecule is C.C.C.C.CO.COc1cc(F)ccc1[N+](=O)[O-].COc1cc(OCCCN2CCC[C@H]2C)ccc1-n1c(C)nc2ccc(C)cc2c1=O.COc1cc(OCCCN2CCC[C@H]2C)ccc1N.COc1cc(OCCCN2CCC[C@H]2C)ccc1[N+](=O)[O-].C[C@@H]1CCCN1.C[C@@H]1CCCN1CCCO.Cc1ccc(N)c(C(=O)O)c1.OCCCBr. The number of anilines is 2. The van der Waals surface area contributed by atoms with Gasteiger partial charge < -0.3 is 90.0 Å². The van der Waals surface area contributed by atoms with Crippen LogP contribution in [-0.4, -0.2) is 228 Å². The molecule has 1 aromatic heterocycles. The standard InChI is InChI=1S/C25H31N3O3.C15H22N2O4.C15H24N2O2.C8H9NO2.C8H17NO.C7H6FNO3.C5H11N.C3H7BrO.CH4O.4CH4/c1-17-8-10-22-21(15-17)25(29)28(19(3)26-22)23-11-9-20(16-24(23)30-4)31-14-6-13-27-12-5-7-18(27)2;1-12-5-3-8-16(12)9-4-10-21-13-6-7-14(17(18)19)15(11-13)20-2;1-12-5-3-8-17(12)9-4-10-19-13-6-7-14(16)15(11-13)18-2;1-5-2-3-7(9)6(4-5)8(10)11;1-8-4-2-5-9(8)6-3-7-10;1-12-7-4-5(8)2-3-6(7)9(10)11;1-5-3-2-4-6-5;4-2-1-3-5;1-2;;;;/h8-11,15-16,18H,5-7,12-14H2,1-4H3;6-7,11-12H,3-5,8-10H2,1-2H3;6-7,11-12H,3-5,8-10,16H2,1-2H3;2-4H,9H2,1H3,(H,10,11);8,10H,2-7H2,1H3;2-4H,1H3;5-6H,2-4H2,1H3;5H,1-3H2;2H,1H3;4*1H4/t18-;2*12-;;8-;;5-;;;;;;/m111.1.1....../s1. The molecular formula is C91H147BrFN11O17. The predicted molar refractivity (Wildman–Crippen MR) is 493 cm³/mol. The molecule has 0 bridgehead atoms. The van der Waals surface area contributed by atoms with Crippen LogP contribution in [0.15, 0.2) is 114 Å². The molecule has 5 aliphatic rings. The number of likely N-dealkylation sites (tertiary alicyclic amines) is 4. The van der Waals surface area contributed by atoms with Gasteiger partial charge in [0, 0.05) is 124 Å². The number of aliphatic hydroxyl groups is 3. The number of aryl methyl sites for hydroxylation is 3. The van der Waals surface area contributed by atoms with Crippen molar-refractivity contribution in [2.24, 2.45) is 0 Å². The number of nitrogens with zero attached hydrogens (tertiary/aromatic N) is 8. The van der Waals surface area contributed by atoms with Crippen molar-refractivity contribution < 1.29 is 72.6 Å². The van der Waals surface area contributed by atoms with Crippen LogP contribution >= 0.6 is 15.9 Å². The number of aliphatic hydroxyl groups excluding tert-OH is 3. The van der Waals surface area contributed by atoms with Crippen LogP contribution in [0, 0.1) is 46.8 Å². The first-order valence-electron chi connectivity index (χ1n) is 40.5. The molecule has 5 atom stereocenters. The molecule has 0 radical (unpaired) electrons. The summed E-state index contributed by atoms with van der Waals surface area (Å²) >= 11 is 3.15. The van der Waals surface area contributed by atoms with E-state index in [1.54, 1.807) is 49.1 Å². The molecule has 121 heavy (non-hydrogen) atoms. The van der Waals surface area contributed by atoms with E-state index in [-0.39, 0.29) is 63.7 Å². The predicted octanol–water partition coefficient (Wildman–Crippen LogP) is 17.2. The number of hydrogen-bond acceptors (Lipinski definition) is 24. The number of hydrogen-bond donors (Lipinski definition) is 7. The molecule has 5 saturated heterocycles. The molecule has 28 nitrogen and oxygen atoms in total. The van der Waals surface area contributed by atoms with Crippen molar-refractivity contribution in [1.82, 2.24) is 34.5 Å². The van der Waals surface area contributed by atoms with Gasteiger partial charge in [-0.3, -0.25) is 29.6 Å². The number of carbonyl (C=O) groups is 1. The number of fused-ring (bicyclic) bond motifs is 1. The van der Waals surface area contributed by atoms with Gasteiger partial charge in [-0.1, -0.05) is 68.9 Å². The summed E-state index contributed by atoms with van der Waals surface area (Å²) < 4.78 is 51.9. The Labute approximate surface area is 728 Å². The number of alkyl halides is 1. The third-order valence-corrected chi connectivity index (χ3v) is 21.0. The number of ether oxygens (including phenoxy) is 7. The number of benzene rings is 6. The van der Waals surface area contributed by atoms with Gasteiger partial charge in [0.2, 0.25) is 5.75 Å². The Morgan fingerprint density at radius 3 is 1.32 bits per heavy atom. The number of carboxylic acid groups (broad SMARTS) is 1. The topological polar surface area (TPSA) is 361 Å². The van der Waals surface area contributed by atoms with Crippen LogP contribution in [0.1, 0.15) is 188 Å². The average molecular weight is 1770 g/mol. The second-order valence-electron chi connectivity index (χ2n) is 29.2. The van der Waals surface area contributed by atoms with Gasteiger partial charge in [0.05, 0.1) is 85.9 Å². The van der Waals surface area contributed by atoms with E-state index in [9.17, 15) is 34.2 Å². The molecule has 30 heteroatoms. The third-order valence-electron chi connectivity index (χ3n) is 20.5. The van der Waals surface area contributed by atoms with E-state index in [0.29, 0.717) is 89.5 Å². The molecule has 12 rings (SSSR count). The van der Waals surface area contributed by atoms with E-state index in [1.807, 2.05) is 75.4 Å². The first-order valence-corrected chi connectivity index (χ1v) is 41.7. The van der Waals surface area contributed by atoms with Crippen LogP contribution < -0.4 is 55.5 Å². The molecule has 7 aromatic rings. The van der Waals surface area contributed by atoms with Gasteiger partial charge in [0.15, 0.2) is 5.75 Å². The van der Waals surface area contributed by atoms with Crippen molar-refractivity contribution in [1.29, 1.82) is 0 Å². The molecule has 9 N–H and O–H groups in total. The van der Waals surface area contributed by atoms with E-state index in [2.05, 4.69) is 85.2 Å². The molecule has 682 valence electrons. The van der Waals surface area contributed by atoms with Crippen LogP contribution in [0.5, 0.6) is 40.2 Å². The number of carboxylic acids is 1. The lowest BCUT2D eigenvalue weighted by molar-refractivity contribution is -0.385. The summed E-state index contributed by atoms with van der Waals surface area (Å²) in [6.07, 6.45) is 18.0. The van der Waals surface area contributed by atoms with Crippen molar-refractivity contribution in [3.05, 3.63) is 168 Å². The molecule has 0 aliphatic carbocycles. The fourth-order valence-electron chi connectivity index (χ4n) is 13.8. The Morgan fingerprint density at radius 1 is 0.537 bits per heavy atom. The van der Waals surface area contributed by atoms with Gasteiger partial charge in [-0.25, -0.2) is 14.2 Å². The number of halogens is 2. The Kier molecular flexibility index (Phi) is 57.6. The maximum Gasteiger partial charge on any atom is 0.337 e. The lowest BCUT2D eigenvalue weighted by atomic mass is 10.1. The van der Waals surface area contributed by atoms with Gasteiger partial charge in [0.1, 0.15) is 40.4 Å². The van der Waals surface area contributed by atoms with E-state index in [1.165, 1.54) is 117 Å². The van der Waals surface area contributed by atoms with Crippen molar-refractivity contribution >= 4 is 55.6 Å². The summed E-state index contributed by atoms with van der Waals surface area (Å²) in [6, 6.07) is 33.1. The minimum absolute atomic E-state index is 0. The number of methoxy groups -OCH3 is 4. The highest BCUT2D eigenvalue weighted by molar-refractivity contribution is 9.09. The molecular weight excluding hydrogens is 1620 g/mol. The van der Waals surface area contributed by atoms with Gasteiger partial charge >= 0.3 is 17.3 Å². The number of nitro benzene ring substituents is 2. The lowest BCUT2D eigenvalue weighted by Crippen LogP contribution is -2.28. The normalized spacial score (nSPS) is 16.8. The van der Waals surface area contributed by atoms with E-state index in [4.69, 9.17) is 60.3 Å². The minimum Gasteiger partial charge on any atom is -0.494 e. The van der Waals surface area contributed by atoms with Gasteiger partial charge in [-0.05, 0) is 245 Å². The number of rotatable bonds is 28. The van der Waals surface area contributed by atoms with Crippen LogP contribution in [0.2, 0.25) is 0 Å². The minimum atomic E-state index is -0.980. The monoisotopic (exact) mass is 1760 g/mol. The second-order valence-corrected chi connectivity index (χ2v) is 30.0. The van der Waals surface area contributed by atoms with Crippen LogP contribution in [0.4, 0.5) is 27.1 Å². The number of nitro groups is 2. The molecule has 0 amide bonds. The fourth-order valence-corrected chi connectivity index (χ4v) is 14.1. The third kappa shape index (κ3) is 39.4. The van der Waals surface area contributed by atoms with E-state index in [0.717, 1.165) is 136 Å². The smallest absolute Gasteiger partial charge is 0.337 e. The highest BCUT2D eigenvalue weighted by atomic mass is 79.9. The maximum atomic E-state index is 13.2. The zero-order chi connectivity index (χ0) is 86.4. The molecule has 0 saturated carbocycles. The van der Waals surface area contributed by atoms with E-state index >= 15 is 0 Å². The molecule has 0 spiro atoms. The molecule has 5 fully saturated rings. The summed E-state index contributed by atoms with van der Waals surface area (Å²) in [6.45, 7) is 30.0. The van der Waals surface area contributed by atoms with Gasteiger partial charge in [0.25, 0.3) is 5.56 Å². The first kappa shape index (κ1) is 112. The van der Waals surface area contributed by atoms with Gasteiger partial charge in [-0.2, -0.15) is 0 Å². The highest BCUT2D eigenvalue weighted by Gasteiger charge is 2.24. The largest absolute Gasteiger partial charge is 0.494 e. The van der Waals surface area contributed by atoms with E-state index < -0.39 is 21.6 Å². The van der Waals surface area contributed by atoms with Crippen LogP contribution in [0.25, 0.3) is 16.6 Å². The summed E-state index contributed by atoms with van der Waals surface area (Å²) in [7, 11) is 6.89. The summed E-state index contributed by atoms with van der Waals surface area (Å²) in [4.78, 5) is 58.4. The second kappa shape index (κ2) is 62.2. The number of nitrogens with one attached hydrogen (secondary N) is 1. The summed E-state index contributed by atoms with van der Waals surface area (Å²) in [5.41, 5.74) is 15.2. The Bertz CT molecular complexity index is 4120. The Balaban J connectivity index is 0.00000143. The zero-order valence-corrected chi connectivity index (χ0v) is 72.7. The van der Waals surface area contributed by atoms with Crippen molar-refractivity contribution in [2.45, 2.75) is 212 Å².